The lowest BCUT2D eigenvalue weighted by Crippen LogP contribution is -2.26. The number of rotatable bonds is 10. The Morgan fingerprint density at radius 3 is 1.66 bits per heavy atom. The molecule has 10 nitrogen and oxygen atoms in total. The molecule has 0 amide bonds. The van der Waals surface area contributed by atoms with E-state index in [9.17, 15) is 36.0 Å². The maximum absolute atomic E-state index is 12.5. The summed E-state index contributed by atoms with van der Waals surface area (Å²) in [5, 5.41) is 8.50. The van der Waals surface area contributed by atoms with Crippen molar-refractivity contribution in [3.05, 3.63) is 48.5 Å². The van der Waals surface area contributed by atoms with Crippen molar-refractivity contribution in [3.8, 4) is 11.1 Å². The van der Waals surface area contributed by atoms with Crippen LogP contribution in [0.15, 0.2) is 58.3 Å². The molecule has 0 spiro atoms. The van der Waals surface area contributed by atoms with Crippen LogP contribution in [0.2, 0.25) is 0 Å². The highest BCUT2D eigenvalue weighted by Crippen LogP contribution is 2.24. The summed E-state index contributed by atoms with van der Waals surface area (Å²) >= 11 is 0.886. The molecule has 0 heterocycles. The van der Waals surface area contributed by atoms with E-state index in [1.165, 1.54) is 62.4 Å². The number of ether oxygens (including phenoxy) is 1. The number of carboxylic acid groups (broad SMARTS) is 1. The highest BCUT2D eigenvalue weighted by Gasteiger charge is 2.25. The van der Waals surface area contributed by atoms with Gasteiger partial charge in [0.2, 0.25) is 0 Å². The van der Waals surface area contributed by atoms with E-state index in [0.717, 1.165) is 11.8 Å². The molecule has 2 aromatic rings. The van der Waals surface area contributed by atoms with Gasteiger partial charge >= 0.3 is 17.9 Å². The van der Waals surface area contributed by atoms with Gasteiger partial charge in [0.25, 0.3) is 0 Å². The second-order valence-electron chi connectivity index (χ2n) is 7.46. The maximum atomic E-state index is 12.5. The first kappa shape index (κ1) is 28.2. The summed E-state index contributed by atoms with van der Waals surface area (Å²) in [7, 11) is -8.09. The molecule has 0 radical (unpaired) electrons. The zero-order chi connectivity index (χ0) is 26.4. The van der Waals surface area contributed by atoms with Gasteiger partial charge in [-0.3, -0.25) is 19.2 Å². The minimum absolute atomic E-state index is 0.0993. The number of sulfone groups is 2. The summed E-state index contributed by atoms with van der Waals surface area (Å²) in [5.41, 5.74) is 1.09. The highest BCUT2D eigenvalue weighted by molar-refractivity contribution is 8.13. The number of hydrogen-bond acceptors (Lipinski definition) is 10. The van der Waals surface area contributed by atoms with Crippen molar-refractivity contribution in [2.24, 2.45) is 5.92 Å². The van der Waals surface area contributed by atoms with Gasteiger partial charge in [0.05, 0.1) is 15.7 Å². The molecule has 1 unspecified atom stereocenters. The van der Waals surface area contributed by atoms with Crippen LogP contribution >= 0.6 is 11.8 Å². The van der Waals surface area contributed by atoms with Crippen molar-refractivity contribution in [3.63, 3.8) is 0 Å². The van der Waals surface area contributed by atoms with Crippen LogP contribution in [-0.4, -0.2) is 62.2 Å². The van der Waals surface area contributed by atoms with Crippen LogP contribution in [0.3, 0.4) is 0 Å². The molecule has 0 saturated carbocycles. The second kappa shape index (κ2) is 11.6. The Kier molecular flexibility index (Phi) is 9.35. The third kappa shape index (κ3) is 8.30. The van der Waals surface area contributed by atoms with E-state index < -0.39 is 55.0 Å². The Labute approximate surface area is 206 Å². The fourth-order valence-corrected chi connectivity index (χ4v) is 5.50. The molecule has 0 aliphatic heterocycles. The molecule has 0 aliphatic carbocycles. The van der Waals surface area contributed by atoms with Gasteiger partial charge in [0, 0.05) is 12.7 Å². The van der Waals surface area contributed by atoms with E-state index in [-0.39, 0.29) is 20.7 Å². The topological polar surface area (TPSA) is 166 Å². The molecule has 0 bridgehead atoms. The molecule has 2 rings (SSSR count). The van der Waals surface area contributed by atoms with Gasteiger partial charge in [-0.05, 0) is 35.4 Å². The smallest absolute Gasteiger partial charge is 0.329 e. The summed E-state index contributed by atoms with van der Waals surface area (Å²) < 4.78 is 53.6. The van der Waals surface area contributed by atoms with Crippen molar-refractivity contribution < 1.29 is 45.9 Å². The summed E-state index contributed by atoms with van der Waals surface area (Å²) in [5.74, 6) is -6.41. The van der Waals surface area contributed by atoms with Crippen LogP contribution < -0.4 is 0 Å². The van der Waals surface area contributed by atoms with Crippen molar-refractivity contribution in [2.75, 3.05) is 17.3 Å². The van der Waals surface area contributed by atoms with Crippen LogP contribution in [0, 0.1) is 5.92 Å². The second-order valence-corrected chi connectivity index (χ2v) is 12.6. The fourth-order valence-electron chi connectivity index (χ4n) is 2.75. The molecular weight excluding hydrogens is 520 g/mol. The lowest BCUT2D eigenvalue weighted by Gasteiger charge is -2.10. The maximum Gasteiger partial charge on any atom is 0.329 e. The first-order chi connectivity index (χ1) is 16.2. The third-order valence-electron chi connectivity index (χ3n) is 4.53. The SMILES string of the molecule is CC(=O)SCC(C)C(=O)OC(=O)CS(=O)(=O)c1ccc(-c2ccc(S(=O)(=O)CC(=O)O)cc2)cc1. The van der Waals surface area contributed by atoms with Crippen molar-refractivity contribution in [1.82, 2.24) is 0 Å². The van der Waals surface area contributed by atoms with E-state index in [1.807, 2.05) is 0 Å². The lowest BCUT2D eigenvalue weighted by molar-refractivity contribution is -0.160. The number of hydrogen-bond donors (Lipinski definition) is 1. The Hall–Kier alpha value is -3.03. The van der Waals surface area contributed by atoms with E-state index in [1.54, 1.807) is 0 Å². The Balaban J connectivity index is 2.07. The molecule has 0 fully saturated rings. The zero-order valence-corrected chi connectivity index (χ0v) is 21.1. The van der Waals surface area contributed by atoms with Crippen LogP contribution in [0.4, 0.5) is 0 Å². The highest BCUT2D eigenvalue weighted by atomic mass is 32.2. The fraction of sp³-hybridized carbons (Fsp3) is 0.273. The zero-order valence-electron chi connectivity index (χ0n) is 18.7. The molecule has 0 aliphatic rings. The van der Waals surface area contributed by atoms with Crippen LogP contribution in [-0.2, 0) is 43.6 Å². The van der Waals surface area contributed by atoms with Gasteiger partial charge in [-0.15, -0.1) is 0 Å². The molecule has 2 aromatic carbocycles. The van der Waals surface area contributed by atoms with Crippen LogP contribution in [0.1, 0.15) is 13.8 Å². The summed E-state index contributed by atoms with van der Waals surface area (Å²) in [4.78, 5) is 45.2. The normalized spacial score (nSPS) is 12.5. The predicted octanol–water partition coefficient (Wildman–Crippen LogP) is 1.97. The van der Waals surface area contributed by atoms with Gasteiger partial charge in [-0.1, -0.05) is 43.0 Å². The first-order valence-electron chi connectivity index (χ1n) is 9.97. The first-order valence-corrected chi connectivity index (χ1v) is 14.3. The third-order valence-corrected chi connectivity index (χ3v) is 8.83. The van der Waals surface area contributed by atoms with Gasteiger partial charge in [0.15, 0.2) is 36.3 Å². The molecule has 1 N–H and O–H groups in total. The molecule has 13 heteroatoms. The van der Waals surface area contributed by atoms with Gasteiger partial charge in [-0.25, -0.2) is 16.8 Å². The average Bonchev–Trinajstić information content (AvgIpc) is 2.76. The Morgan fingerprint density at radius 1 is 0.829 bits per heavy atom. The van der Waals surface area contributed by atoms with E-state index in [0.29, 0.717) is 11.1 Å². The molecule has 0 aromatic heterocycles. The number of thioether (sulfide) groups is 1. The number of aliphatic carboxylic acids is 1. The van der Waals surface area contributed by atoms with Crippen molar-refractivity contribution in [1.29, 1.82) is 0 Å². The monoisotopic (exact) mass is 542 g/mol. The largest absolute Gasteiger partial charge is 0.480 e. The van der Waals surface area contributed by atoms with Crippen LogP contribution in [0.25, 0.3) is 11.1 Å². The van der Waals surface area contributed by atoms with Gasteiger partial charge in [-0.2, -0.15) is 0 Å². The van der Waals surface area contributed by atoms with E-state index in [2.05, 4.69) is 4.74 Å². The number of carboxylic acids is 1. The number of esters is 2. The minimum Gasteiger partial charge on any atom is -0.480 e. The van der Waals surface area contributed by atoms with Crippen molar-refractivity contribution in [2.45, 2.75) is 23.6 Å². The molecule has 0 saturated heterocycles. The summed E-state index contributed by atoms with van der Waals surface area (Å²) in [6.45, 7) is 2.78. The average molecular weight is 543 g/mol. The molecule has 1 atom stereocenters. The number of carbonyl (C=O) groups is 4. The Morgan fingerprint density at radius 2 is 1.26 bits per heavy atom. The number of carbonyl (C=O) groups excluding carboxylic acids is 3. The van der Waals surface area contributed by atoms with E-state index in [4.69, 9.17) is 5.11 Å². The standard InChI is InChI=1S/C22H22O10S3/c1-14(11-33-15(2)23)22(27)32-21(26)13-35(30,31)19-9-5-17(6-10-19)16-3-7-18(8-4-16)34(28,29)12-20(24)25/h3-10,14H,11-13H2,1-2H3,(H,24,25). The van der Waals surface area contributed by atoms with Crippen molar-refractivity contribution >= 4 is 54.5 Å². The van der Waals surface area contributed by atoms with Gasteiger partial charge < -0.3 is 9.84 Å². The molecular formula is C22H22O10S3. The molecule has 188 valence electrons. The van der Waals surface area contributed by atoms with E-state index >= 15 is 0 Å². The lowest BCUT2D eigenvalue weighted by atomic mass is 10.1. The molecule has 35 heavy (non-hydrogen) atoms. The summed E-state index contributed by atoms with van der Waals surface area (Å²) in [6, 6.07) is 10.8. The minimum atomic E-state index is -4.11. The van der Waals surface area contributed by atoms with Gasteiger partial charge in [0.1, 0.15) is 0 Å². The Bertz CT molecular complexity index is 1330. The summed E-state index contributed by atoms with van der Waals surface area (Å²) in [6.07, 6.45) is 0. The quantitative estimate of drug-likeness (QED) is 0.344. The predicted molar refractivity (Wildman–Crippen MR) is 127 cm³/mol. The van der Waals surface area contributed by atoms with Crippen LogP contribution in [0.5, 0.6) is 0 Å². The number of benzene rings is 2.